The SMILES string of the molecule is O=C(COC(=O)C(Cc1c[nH]c2ccccc12)NC(=O)c1ccc(F)cc1)Nc1cc([N+](=O)[O-])ccc1Cl. The first-order valence-corrected chi connectivity index (χ1v) is 11.6. The van der Waals surface area contributed by atoms with Crippen molar-refractivity contribution in [1.82, 2.24) is 10.3 Å². The Morgan fingerprint density at radius 3 is 2.55 bits per heavy atom. The summed E-state index contributed by atoms with van der Waals surface area (Å²) in [7, 11) is 0. The lowest BCUT2D eigenvalue weighted by atomic mass is 10.0. The Bertz CT molecular complexity index is 1520. The Labute approximate surface area is 219 Å². The van der Waals surface area contributed by atoms with Gasteiger partial charge in [0, 0.05) is 41.2 Å². The van der Waals surface area contributed by atoms with E-state index in [0.29, 0.717) is 0 Å². The number of ether oxygens (including phenoxy) is 1. The number of aromatic nitrogens is 1. The second kappa shape index (κ2) is 11.5. The molecule has 0 aliphatic carbocycles. The number of nitro groups is 1. The molecular formula is C26H20ClFN4O6. The van der Waals surface area contributed by atoms with Crippen LogP contribution in [0.15, 0.2) is 72.9 Å². The summed E-state index contributed by atoms with van der Waals surface area (Å²) in [4.78, 5) is 51.6. The molecule has 0 aliphatic rings. The molecule has 0 bridgehead atoms. The van der Waals surface area contributed by atoms with Crippen molar-refractivity contribution in [3.05, 3.63) is 105 Å². The van der Waals surface area contributed by atoms with E-state index in [1.165, 1.54) is 24.3 Å². The van der Waals surface area contributed by atoms with E-state index in [9.17, 15) is 28.9 Å². The highest BCUT2D eigenvalue weighted by atomic mass is 35.5. The van der Waals surface area contributed by atoms with Gasteiger partial charge in [-0.1, -0.05) is 29.8 Å². The second-order valence-electron chi connectivity index (χ2n) is 8.17. The lowest BCUT2D eigenvalue weighted by Crippen LogP contribution is -2.44. The van der Waals surface area contributed by atoms with Crippen molar-refractivity contribution in [3.8, 4) is 0 Å². The number of fused-ring (bicyclic) bond motifs is 1. The van der Waals surface area contributed by atoms with Crippen LogP contribution in [-0.2, 0) is 20.7 Å². The van der Waals surface area contributed by atoms with Gasteiger partial charge in [0.1, 0.15) is 11.9 Å². The molecule has 1 aromatic heterocycles. The number of non-ortho nitro benzene ring substituents is 1. The standard InChI is InChI=1S/C26H20ClFN4O6/c27-20-10-9-18(32(36)37)12-22(20)30-24(33)14-38-26(35)23(31-25(34)15-5-7-17(28)8-6-15)11-16-13-29-21-4-2-1-3-19(16)21/h1-10,12-13,23,29H,11,14H2,(H,30,33)(H,31,34). The van der Waals surface area contributed by atoms with Crippen LogP contribution in [0.3, 0.4) is 0 Å². The molecule has 3 aromatic carbocycles. The Kier molecular flexibility index (Phi) is 7.97. The Morgan fingerprint density at radius 2 is 1.82 bits per heavy atom. The number of aromatic amines is 1. The fourth-order valence-corrected chi connectivity index (χ4v) is 3.87. The van der Waals surface area contributed by atoms with Crippen molar-refractivity contribution in [3.63, 3.8) is 0 Å². The molecule has 0 aliphatic heterocycles. The summed E-state index contributed by atoms with van der Waals surface area (Å²) in [6.07, 6.45) is 1.74. The molecule has 194 valence electrons. The minimum absolute atomic E-state index is 0.0260. The molecular weight excluding hydrogens is 519 g/mol. The number of anilines is 1. The molecule has 0 spiro atoms. The minimum Gasteiger partial charge on any atom is -0.454 e. The highest BCUT2D eigenvalue weighted by molar-refractivity contribution is 6.33. The predicted molar refractivity (Wildman–Crippen MR) is 137 cm³/mol. The summed E-state index contributed by atoms with van der Waals surface area (Å²) in [6.45, 7) is -0.741. The van der Waals surface area contributed by atoms with Crippen LogP contribution in [0.1, 0.15) is 15.9 Å². The van der Waals surface area contributed by atoms with Gasteiger partial charge >= 0.3 is 5.97 Å². The lowest BCUT2D eigenvalue weighted by molar-refractivity contribution is -0.384. The first kappa shape index (κ1) is 26.3. The van der Waals surface area contributed by atoms with Gasteiger partial charge in [0.25, 0.3) is 17.5 Å². The van der Waals surface area contributed by atoms with Crippen LogP contribution >= 0.6 is 11.6 Å². The minimum atomic E-state index is -1.19. The monoisotopic (exact) mass is 538 g/mol. The molecule has 1 unspecified atom stereocenters. The number of carbonyl (C=O) groups excluding carboxylic acids is 3. The largest absolute Gasteiger partial charge is 0.454 e. The third-order valence-corrected chi connectivity index (χ3v) is 5.91. The summed E-state index contributed by atoms with van der Waals surface area (Å²) in [6, 6.07) is 14.5. The summed E-state index contributed by atoms with van der Waals surface area (Å²) < 4.78 is 18.4. The number of para-hydroxylation sites is 1. The number of rotatable bonds is 9. The Morgan fingerprint density at radius 1 is 1.08 bits per heavy atom. The number of hydrogen-bond donors (Lipinski definition) is 3. The van der Waals surface area contributed by atoms with E-state index >= 15 is 0 Å². The van der Waals surface area contributed by atoms with Crippen LogP contribution in [0.2, 0.25) is 5.02 Å². The van der Waals surface area contributed by atoms with Crippen molar-refractivity contribution in [2.75, 3.05) is 11.9 Å². The third-order valence-electron chi connectivity index (χ3n) is 5.58. The maximum absolute atomic E-state index is 13.3. The van der Waals surface area contributed by atoms with E-state index in [2.05, 4.69) is 15.6 Å². The summed E-state index contributed by atoms with van der Waals surface area (Å²) in [5, 5.41) is 16.8. The first-order valence-electron chi connectivity index (χ1n) is 11.2. The Hall–Kier alpha value is -4.77. The van der Waals surface area contributed by atoms with Crippen LogP contribution in [0.4, 0.5) is 15.8 Å². The number of nitro benzene ring substituents is 1. The van der Waals surface area contributed by atoms with Crippen LogP contribution in [0.5, 0.6) is 0 Å². The summed E-state index contributed by atoms with van der Waals surface area (Å²) in [5.41, 5.74) is 1.36. The molecule has 2 amide bonds. The summed E-state index contributed by atoms with van der Waals surface area (Å²) in [5.74, 6) is -2.85. The molecule has 1 atom stereocenters. The molecule has 3 N–H and O–H groups in total. The molecule has 4 aromatic rings. The van der Waals surface area contributed by atoms with E-state index in [4.69, 9.17) is 16.3 Å². The van der Waals surface area contributed by atoms with Gasteiger partial charge in [-0.15, -0.1) is 0 Å². The fraction of sp³-hybridized carbons (Fsp3) is 0.115. The van der Waals surface area contributed by atoms with E-state index in [1.807, 2.05) is 24.3 Å². The number of H-pyrrole nitrogens is 1. The second-order valence-corrected chi connectivity index (χ2v) is 8.58. The molecule has 38 heavy (non-hydrogen) atoms. The molecule has 12 heteroatoms. The molecule has 10 nitrogen and oxygen atoms in total. The number of halogens is 2. The smallest absolute Gasteiger partial charge is 0.329 e. The van der Waals surface area contributed by atoms with Crippen molar-refractivity contribution in [2.45, 2.75) is 12.5 Å². The number of carbonyl (C=O) groups is 3. The lowest BCUT2D eigenvalue weighted by Gasteiger charge is -2.18. The molecule has 0 saturated carbocycles. The summed E-state index contributed by atoms with van der Waals surface area (Å²) >= 11 is 5.99. The van der Waals surface area contributed by atoms with Gasteiger partial charge in [0.2, 0.25) is 0 Å². The van der Waals surface area contributed by atoms with Crippen molar-refractivity contribution in [1.29, 1.82) is 0 Å². The number of nitrogens with zero attached hydrogens (tertiary/aromatic N) is 1. The molecule has 0 fully saturated rings. The van der Waals surface area contributed by atoms with Gasteiger partial charge in [0.15, 0.2) is 6.61 Å². The zero-order chi connectivity index (χ0) is 27.2. The van der Waals surface area contributed by atoms with Gasteiger partial charge in [-0.2, -0.15) is 0 Å². The number of esters is 1. The molecule has 0 saturated heterocycles. The molecule has 0 radical (unpaired) electrons. The van der Waals surface area contributed by atoms with E-state index in [1.54, 1.807) is 6.20 Å². The first-order chi connectivity index (χ1) is 18.2. The van der Waals surface area contributed by atoms with Gasteiger partial charge in [0.05, 0.1) is 15.6 Å². The maximum Gasteiger partial charge on any atom is 0.329 e. The normalized spacial score (nSPS) is 11.5. The predicted octanol–water partition coefficient (Wildman–Crippen LogP) is 4.39. The fourth-order valence-electron chi connectivity index (χ4n) is 3.70. The highest BCUT2D eigenvalue weighted by Gasteiger charge is 2.26. The number of amides is 2. The number of hydrogen-bond acceptors (Lipinski definition) is 6. The van der Waals surface area contributed by atoms with Gasteiger partial charge in [-0.25, -0.2) is 9.18 Å². The van der Waals surface area contributed by atoms with Gasteiger partial charge in [-0.3, -0.25) is 19.7 Å². The van der Waals surface area contributed by atoms with Crippen molar-refractivity contribution in [2.24, 2.45) is 0 Å². The van der Waals surface area contributed by atoms with Crippen LogP contribution in [0, 0.1) is 15.9 Å². The van der Waals surface area contributed by atoms with E-state index in [0.717, 1.165) is 34.7 Å². The van der Waals surface area contributed by atoms with Gasteiger partial charge < -0.3 is 20.4 Å². The highest BCUT2D eigenvalue weighted by Crippen LogP contribution is 2.26. The van der Waals surface area contributed by atoms with E-state index in [-0.39, 0.29) is 28.4 Å². The third kappa shape index (κ3) is 6.31. The van der Waals surface area contributed by atoms with Crippen molar-refractivity contribution >= 4 is 51.7 Å². The quantitative estimate of drug-likeness (QED) is 0.164. The van der Waals surface area contributed by atoms with Crippen LogP contribution in [0.25, 0.3) is 10.9 Å². The Balaban J connectivity index is 1.48. The zero-order valence-corrected chi connectivity index (χ0v) is 20.3. The number of benzene rings is 3. The zero-order valence-electron chi connectivity index (χ0n) is 19.6. The number of nitrogens with one attached hydrogen (secondary N) is 3. The molecule has 1 heterocycles. The van der Waals surface area contributed by atoms with E-state index < -0.39 is 41.2 Å². The van der Waals surface area contributed by atoms with Crippen LogP contribution < -0.4 is 10.6 Å². The maximum atomic E-state index is 13.3. The van der Waals surface area contributed by atoms with Gasteiger partial charge in [-0.05, 0) is 42.0 Å². The average molecular weight is 539 g/mol. The molecule has 4 rings (SSSR count). The topological polar surface area (TPSA) is 143 Å². The average Bonchev–Trinajstić information content (AvgIpc) is 3.31. The van der Waals surface area contributed by atoms with Crippen molar-refractivity contribution < 1.29 is 28.4 Å². The van der Waals surface area contributed by atoms with Crippen LogP contribution in [-0.4, -0.2) is 40.3 Å².